The maximum atomic E-state index is 12.9. The molecule has 0 aliphatic rings. The van der Waals surface area contributed by atoms with Crippen LogP contribution in [-0.4, -0.2) is 28.1 Å². The summed E-state index contributed by atoms with van der Waals surface area (Å²) in [6.07, 6.45) is 0.721. The first-order valence-electron chi connectivity index (χ1n) is 9.65. The van der Waals surface area contributed by atoms with Crippen LogP contribution in [0.15, 0.2) is 48.5 Å². The SMILES string of the molecule is CC[C@@H](C)[C@@H](NC(=O)c1cccc(Cl)c1)C(=O)Nc1nnc(-c2ccc(C)cc2)s1. The summed E-state index contributed by atoms with van der Waals surface area (Å²) in [6, 6.07) is 13.8. The molecule has 0 aliphatic heterocycles. The van der Waals surface area contributed by atoms with Crippen molar-refractivity contribution in [1.29, 1.82) is 0 Å². The highest BCUT2D eigenvalue weighted by Gasteiger charge is 2.27. The van der Waals surface area contributed by atoms with Crippen LogP contribution in [0.2, 0.25) is 5.02 Å². The highest BCUT2D eigenvalue weighted by Crippen LogP contribution is 2.27. The average molecular weight is 443 g/mol. The van der Waals surface area contributed by atoms with Gasteiger partial charge in [0.05, 0.1) is 0 Å². The van der Waals surface area contributed by atoms with Crippen LogP contribution in [0.25, 0.3) is 10.6 Å². The molecule has 8 heteroatoms. The Balaban J connectivity index is 1.73. The van der Waals surface area contributed by atoms with Crippen molar-refractivity contribution in [3.8, 4) is 10.6 Å². The van der Waals surface area contributed by atoms with Gasteiger partial charge in [-0.25, -0.2) is 0 Å². The molecule has 1 heterocycles. The maximum Gasteiger partial charge on any atom is 0.251 e. The van der Waals surface area contributed by atoms with E-state index >= 15 is 0 Å². The van der Waals surface area contributed by atoms with Crippen molar-refractivity contribution in [1.82, 2.24) is 15.5 Å². The molecule has 0 saturated carbocycles. The minimum atomic E-state index is -0.715. The van der Waals surface area contributed by atoms with Crippen molar-refractivity contribution < 1.29 is 9.59 Å². The Morgan fingerprint density at radius 1 is 1.13 bits per heavy atom. The molecule has 0 spiro atoms. The van der Waals surface area contributed by atoms with Crippen LogP contribution in [0.4, 0.5) is 5.13 Å². The van der Waals surface area contributed by atoms with Crippen molar-refractivity contribution in [3.05, 3.63) is 64.7 Å². The Labute approximate surface area is 184 Å². The first-order valence-corrected chi connectivity index (χ1v) is 10.8. The number of anilines is 1. The van der Waals surface area contributed by atoms with E-state index in [2.05, 4.69) is 20.8 Å². The van der Waals surface area contributed by atoms with Gasteiger partial charge in [0.1, 0.15) is 11.0 Å². The first kappa shape index (κ1) is 21.9. The van der Waals surface area contributed by atoms with Crippen LogP contribution in [0.1, 0.15) is 36.2 Å². The van der Waals surface area contributed by atoms with E-state index in [4.69, 9.17) is 11.6 Å². The number of rotatable bonds is 7. The number of halogens is 1. The van der Waals surface area contributed by atoms with Gasteiger partial charge < -0.3 is 5.32 Å². The highest BCUT2D eigenvalue weighted by molar-refractivity contribution is 7.18. The zero-order chi connectivity index (χ0) is 21.7. The second kappa shape index (κ2) is 9.82. The minimum Gasteiger partial charge on any atom is -0.340 e. The predicted molar refractivity (Wildman–Crippen MR) is 121 cm³/mol. The van der Waals surface area contributed by atoms with Gasteiger partial charge in [0.15, 0.2) is 0 Å². The molecule has 0 unspecified atom stereocenters. The molecule has 0 radical (unpaired) electrons. The number of nitrogens with one attached hydrogen (secondary N) is 2. The second-order valence-electron chi connectivity index (χ2n) is 7.11. The molecule has 0 aliphatic carbocycles. The van der Waals surface area contributed by atoms with Gasteiger partial charge in [-0.05, 0) is 31.0 Å². The summed E-state index contributed by atoms with van der Waals surface area (Å²) < 4.78 is 0. The summed E-state index contributed by atoms with van der Waals surface area (Å²) in [5, 5.41) is 15.4. The monoisotopic (exact) mass is 442 g/mol. The van der Waals surface area contributed by atoms with E-state index < -0.39 is 6.04 Å². The van der Waals surface area contributed by atoms with Crippen LogP contribution in [0.5, 0.6) is 0 Å². The van der Waals surface area contributed by atoms with E-state index in [0.717, 1.165) is 17.5 Å². The number of hydrogen-bond acceptors (Lipinski definition) is 5. The smallest absolute Gasteiger partial charge is 0.251 e. The number of aryl methyl sites for hydroxylation is 1. The van der Waals surface area contributed by atoms with Gasteiger partial charge in [0.25, 0.3) is 5.91 Å². The Morgan fingerprint density at radius 2 is 1.87 bits per heavy atom. The number of aromatic nitrogens is 2. The van der Waals surface area contributed by atoms with Gasteiger partial charge in [-0.3, -0.25) is 14.9 Å². The third kappa shape index (κ3) is 5.43. The molecule has 2 atom stereocenters. The number of amides is 2. The van der Waals surface area contributed by atoms with Crippen LogP contribution in [-0.2, 0) is 4.79 Å². The van der Waals surface area contributed by atoms with Crippen molar-refractivity contribution in [3.63, 3.8) is 0 Å². The second-order valence-corrected chi connectivity index (χ2v) is 8.53. The lowest BCUT2D eigenvalue weighted by Gasteiger charge is -2.23. The van der Waals surface area contributed by atoms with Crippen LogP contribution in [0, 0.1) is 12.8 Å². The van der Waals surface area contributed by atoms with Crippen LogP contribution < -0.4 is 10.6 Å². The molecule has 2 N–H and O–H groups in total. The van der Waals surface area contributed by atoms with Gasteiger partial charge in [-0.1, -0.05) is 79.1 Å². The molecule has 0 fully saturated rings. The topological polar surface area (TPSA) is 84.0 Å². The summed E-state index contributed by atoms with van der Waals surface area (Å²) in [5.74, 6) is -0.750. The van der Waals surface area contributed by atoms with Crippen molar-refractivity contribution in [2.45, 2.75) is 33.2 Å². The zero-order valence-electron chi connectivity index (χ0n) is 17.0. The van der Waals surface area contributed by atoms with E-state index in [1.165, 1.54) is 11.3 Å². The lowest BCUT2D eigenvalue weighted by molar-refractivity contribution is -0.119. The van der Waals surface area contributed by atoms with Crippen LogP contribution in [0.3, 0.4) is 0 Å². The molecule has 1 aromatic heterocycles. The number of nitrogens with zero attached hydrogens (tertiary/aromatic N) is 2. The van der Waals surface area contributed by atoms with Crippen molar-refractivity contribution in [2.24, 2.45) is 5.92 Å². The molecule has 0 bridgehead atoms. The number of carbonyl (C=O) groups is 2. The molecule has 156 valence electrons. The van der Waals surface area contributed by atoms with Gasteiger partial charge in [-0.2, -0.15) is 0 Å². The Morgan fingerprint density at radius 3 is 2.53 bits per heavy atom. The third-order valence-corrected chi connectivity index (χ3v) is 5.95. The molecule has 3 rings (SSSR count). The highest BCUT2D eigenvalue weighted by atomic mass is 35.5. The number of benzene rings is 2. The lowest BCUT2D eigenvalue weighted by Crippen LogP contribution is -2.47. The lowest BCUT2D eigenvalue weighted by atomic mass is 9.98. The van der Waals surface area contributed by atoms with E-state index in [9.17, 15) is 9.59 Å². The zero-order valence-corrected chi connectivity index (χ0v) is 18.6. The largest absolute Gasteiger partial charge is 0.340 e. The molecule has 2 amide bonds. The summed E-state index contributed by atoms with van der Waals surface area (Å²) in [6.45, 7) is 5.90. The molecule has 30 heavy (non-hydrogen) atoms. The molecule has 3 aromatic rings. The Bertz CT molecular complexity index is 1040. The quantitative estimate of drug-likeness (QED) is 0.542. The summed E-state index contributed by atoms with van der Waals surface area (Å²) in [5.41, 5.74) is 2.50. The van der Waals surface area contributed by atoms with E-state index in [1.807, 2.05) is 45.0 Å². The van der Waals surface area contributed by atoms with Crippen molar-refractivity contribution >= 4 is 39.9 Å². The molecule has 6 nitrogen and oxygen atoms in total. The normalized spacial score (nSPS) is 12.8. The third-order valence-electron chi connectivity index (χ3n) is 4.82. The Kier molecular flexibility index (Phi) is 7.18. The maximum absolute atomic E-state index is 12.9. The van der Waals surface area contributed by atoms with Gasteiger partial charge >= 0.3 is 0 Å². The fraction of sp³-hybridized carbons (Fsp3) is 0.273. The first-order chi connectivity index (χ1) is 14.4. The van der Waals surface area contributed by atoms with E-state index in [-0.39, 0.29) is 17.7 Å². The molecular weight excluding hydrogens is 420 g/mol. The number of hydrogen-bond donors (Lipinski definition) is 2. The predicted octanol–water partition coefficient (Wildman–Crippen LogP) is 4.95. The fourth-order valence-corrected chi connectivity index (χ4v) is 3.77. The fourth-order valence-electron chi connectivity index (χ4n) is 2.83. The van der Waals surface area contributed by atoms with Crippen molar-refractivity contribution in [2.75, 3.05) is 5.32 Å². The Hall–Kier alpha value is -2.77. The average Bonchev–Trinajstić information content (AvgIpc) is 3.20. The standard InChI is InChI=1S/C22H23ClN4O2S/c1-4-14(3)18(24-19(28)16-6-5-7-17(23)12-16)20(29)25-22-27-26-21(30-22)15-10-8-13(2)9-11-15/h5-12,14,18H,4H2,1-3H3,(H,24,28)(H,25,27,29)/t14-,18-/m1/s1. The minimum absolute atomic E-state index is 0.0716. The summed E-state index contributed by atoms with van der Waals surface area (Å²) in [4.78, 5) is 25.6. The molecule has 0 saturated heterocycles. The number of carbonyl (C=O) groups excluding carboxylic acids is 2. The molecule has 2 aromatic carbocycles. The van der Waals surface area contributed by atoms with Gasteiger partial charge in [-0.15, -0.1) is 10.2 Å². The van der Waals surface area contributed by atoms with E-state index in [1.54, 1.807) is 24.3 Å². The molecular formula is C22H23ClN4O2S. The van der Waals surface area contributed by atoms with Gasteiger partial charge in [0, 0.05) is 16.1 Å². The summed E-state index contributed by atoms with van der Waals surface area (Å²) in [7, 11) is 0. The van der Waals surface area contributed by atoms with E-state index in [0.29, 0.717) is 20.7 Å². The van der Waals surface area contributed by atoms with Gasteiger partial charge in [0.2, 0.25) is 11.0 Å². The summed E-state index contributed by atoms with van der Waals surface area (Å²) >= 11 is 7.26. The van der Waals surface area contributed by atoms with Crippen LogP contribution >= 0.6 is 22.9 Å².